The number of aryl methyl sites for hydroxylation is 1. The molecule has 1 saturated heterocycles. The predicted molar refractivity (Wildman–Crippen MR) is 159 cm³/mol. The number of fused-ring (bicyclic) bond motifs is 1. The van der Waals surface area contributed by atoms with E-state index in [4.69, 9.17) is 32.9 Å². The van der Waals surface area contributed by atoms with Crippen molar-refractivity contribution in [3.8, 4) is 11.1 Å². The van der Waals surface area contributed by atoms with Gasteiger partial charge >= 0.3 is 5.97 Å². The highest BCUT2D eigenvalue weighted by Gasteiger charge is 2.57. The monoisotopic (exact) mass is 594 g/mol. The minimum atomic E-state index is -0.339. The molecule has 1 saturated carbocycles. The first-order valence-corrected chi connectivity index (χ1v) is 14.8. The minimum Gasteiger partial charge on any atom is -0.462 e. The molecule has 3 atom stereocenters. The lowest BCUT2D eigenvalue weighted by Gasteiger charge is -2.19. The van der Waals surface area contributed by atoms with Gasteiger partial charge in [0.05, 0.1) is 22.3 Å². The summed E-state index contributed by atoms with van der Waals surface area (Å²) < 4.78 is 5.35. The Morgan fingerprint density at radius 2 is 1.73 bits per heavy atom. The molecule has 2 aromatic heterocycles. The topological polar surface area (TPSA) is 87.3 Å². The number of piperidine rings is 1. The number of nitrogens with one attached hydrogen (secondary N) is 2. The van der Waals surface area contributed by atoms with Gasteiger partial charge in [-0.3, -0.25) is 4.79 Å². The van der Waals surface area contributed by atoms with Gasteiger partial charge in [-0.2, -0.15) is 0 Å². The third-order valence-electron chi connectivity index (χ3n) is 7.62. The lowest BCUT2D eigenvalue weighted by molar-refractivity contribution is 0.0530. The average Bonchev–Trinajstić information content (AvgIpc) is 3.30. The van der Waals surface area contributed by atoms with Crippen LogP contribution in [0.25, 0.3) is 11.1 Å². The number of aromatic amines is 1. The van der Waals surface area contributed by atoms with Gasteiger partial charge in [0.25, 0.3) is 5.91 Å². The van der Waals surface area contributed by atoms with E-state index in [0.717, 1.165) is 40.6 Å². The molecule has 1 amide bonds. The van der Waals surface area contributed by atoms with E-state index >= 15 is 0 Å². The number of carbonyl (C=O) groups is 2. The number of H-pyrrole nitrogens is 1. The molecule has 0 radical (unpaired) electrons. The van der Waals surface area contributed by atoms with Crippen LogP contribution in [0.5, 0.6) is 0 Å². The molecule has 40 heavy (non-hydrogen) atoms. The predicted octanol–water partition coefficient (Wildman–Crippen LogP) is 6.39. The quantitative estimate of drug-likeness (QED) is 0.231. The first-order chi connectivity index (χ1) is 19.3. The van der Waals surface area contributed by atoms with Crippen molar-refractivity contribution in [2.75, 3.05) is 24.6 Å². The number of esters is 1. The maximum atomic E-state index is 12.8. The second kappa shape index (κ2) is 10.9. The van der Waals surface area contributed by atoms with Crippen molar-refractivity contribution in [1.29, 1.82) is 0 Å². The Kier molecular flexibility index (Phi) is 7.33. The highest BCUT2D eigenvalue weighted by Crippen LogP contribution is 2.48. The molecule has 2 fully saturated rings. The Morgan fingerprint density at radius 1 is 1.05 bits per heavy atom. The fourth-order valence-corrected chi connectivity index (χ4v) is 6.85. The molecular formula is C30H28Cl2N4O3S. The minimum absolute atomic E-state index is 0.0780. The van der Waals surface area contributed by atoms with Crippen LogP contribution in [0.15, 0.2) is 54.6 Å². The van der Waals surface area contributed by atoms with Gasteiger partial charge in [-0.25, -0.2) is 9.78 Å². The summed E-state index contributed by atoms with van der Waals surface area (Å²) in [5.74, 6) is 0.0511. The van der Waals surface area contributed by atoms with Crippen LogP contribution in [-0.4, -0.2) is 47.6 Å². The Hall–Kier alpha value is -3.33. The highest BCUT2D eigenvalue weighted by molar-refractivity contribution is 7.17. The summed E-state index contributed by atoms with van der Waals surface area (Å²) in [7, 11) is 0. The summed E-state index contributed by atoms with van der Waals surface area (Å²) >= 11 is 13.7. The van der Waals surface area contributed by atoms with E-state index < -0.39 is 0 Å². The normalized spacial score (nSPS) is 19.4. The second-order valence-electron chi connectivity index (χ2n) is 10.2. The number of hydrogen-bond donors (Lipinski definition) is 2. The Balaban J connectivity index is 1.14. The molecule has 206 valence electrons. The number of rotatable bonds is 8. The summed E-state index contributed by atoms with van der Waals surface area (Å²) in [6, 6.07) is 18.7. The van der Waals surface area contributed by atoms with E-state index in [1.54, 1.807) is 13.8 Å². The molecule has 4 aromatic rings. The molecule has 2 aliphatic rings. The van der Waals surface area contributed by atoms with E-state index in [9.17, 15) is 9.59 Å². The SMILES string of the molecule is CCOC(=O)c1sc(N2C[C@@H]3[C@H](C2)[C@H]3NC(=O)c2[nH]c(C)c(Cl)c2Cl)nc1Cc1ccc(-c2ccccc2)cc1. The Labute approximate surface area is 246 Å². The number of carbonyl (C=O) groups excluding carboxylic acids is 2. The van der Waals surface area contributed by atoms with Crippen molar-refractivity contribution in [3.05, 3.63) is 92.2 Å². The number of benzene rings is 2. The van der Waals surface area contributed by atoms with E-state index in [-0.39, 0.29) is 22.9 Å². The van der Waals surface area contributed by atoms with E-state index in [1.807, 2.05) is 18.2 Å². The molecule has 1 aliphatic carbocycles. The molecule has 1 aliphatic heterocycles. The first-order valence-electron chi connectivity index (χ1n) is 13.2. The second-order valence-corrected chi connectivity index (χ2v) is 12.0. The van der Waals surface area contributed by atoms with Crippen LogP contribution in [0.2, 0.25) is 10.0 Å². The van der Waals surface area contributed by atoms with Crippen LogP contribution < -0.4 is 10.2 Å². The number of halogens is 2. The van der Waals surface area contributed by atoms with Crippen LogP contribution in [-0.2, 0) is 11.2 Å². The molecule has 0 bridgehead atoms. The standard InChI is InChI=1S/C30H28Cl2N4O3S/c1-3-39-29(38)27-22(13-17-9-11-19(12-10-17)18-7-5-4-6-8-18)34-30(40-27)36-14-20-21(15-36)25(20)35-28(37)26-24(32)23(31)16(2)33-26/h4-12,20-21,25,33H,3,13-15H2,1-2H3,(H,35,37)/t20-,21+,25+. The van der Waals surface area contributed by atoms with Crippen LogP contribution in [0, 0.1) is 18.8 Å². The van der Waals surface area contributed by atoms with Crippen molar-refractivity contribution in [3.63, 3.8) is 0 Å². The lowest BCUT2D eigenvalue weighted by Crippen LogP contribution is -2.34. The molecule has 2 N–H and O–H groups in total. The maximum absolute atomic E-state index is 12.8. The third-order valence-corrected chi connectivity index (χ3v) is 9.71. The summed E-state index contributed by atoms with van der Waals surface area (Å²) in [4.78, 5) is 36.2. The average molecular weight is 596 g/mol. The number of thiazole rings is 1. The highest BCUT2D eigenvalue weighted by atomic mass is 35.5. The largest absolute Gasteiger partial charge is 0.462 e. The number of amides is 1. The van der Waals surface area contributed by atoms with Gasteiger partial charge in [0.15, 0.2) is 5.13 Å². The third kappa shape index (κ3) is 5.11. The van der Waals surface area contributed by atoms with Crippen molar-refractivity contribution < 1.29 is 14.3 Å². The first kappa shape index (κ1) is 26.9. The smallest absolute Gasteiger partial charge is 0.350 e. The van der Waals surface area contributed by atoms with Gasteiger partial charge in [0.1, 0.15) is 10.6 Å². The van der Waals surface area contributed by atoms with Gasteiger partial charge in [-0.15, -0.1) is 0 Å². The van der Waals surface area contributed by atoms with E-state index in [0.29, 0.717) is 46.2 Å². The number of aromatic nitrogens is 2. The summed E-state index contributed by atoms with van der Waals surface area (Å²) in [5.41, 5.74) is 5.07. The molecular weight excluding hydrogens is 567 g/mol. The molecule has 7 nitrogen and oxygen atoms in total. The van der Waals surface area contributed by atoms with Crippen LogP contribution in [0.1, 0.15) is 44.0 Å². The summed E-state index contributed by atoms with van der Waals surface area (Å²) in [5, 5.41) is 4.53. The van der Waals surface area contributed by atoms with Crippen molar-refractivity contribution in [2.24, 2.45) is 11.8 Å². The van der Waals surface area contributed by atoms with E-state index in [1.165, 1.54) is 11.3 Å². The number of anilines is 1. The Morgan fingerprint density at radius 3 is 2.35 bits per heavy atom. The Bertz CT molecular complexity index is 1560. The van der Waals surface area contributed by atoms with E-state index in [2.05, 4.69) is 51.6 Å². The molecule has 0 spiro atoms. The zero-order valence-electron chi connectivity index (χ0n) is 22.0. The van der Waals surface area contributed by atoms with Crippen LogP contribution in [0.3, 0.4) is 0 Å². The van der Waals surface area contributed by atoms with Gasteiger partial charge in [-0.1, -0.05) is 89.1 Å². The van der Waals surface area contributed by atoms with Crippen LogP contribution >= 0.6 is 34.5 Å². The molecule has 0 unspecified atom stereocenters. The molecule has 2 aromatic carbocycles. The summed E-state index contributed by atoms with van der Waals surface area (Å²) in [6.07, 6.45) is 0.540. The fraction of sp³-hybridized carbons (Fsp3) is 0.300. The lowest BCUT2D eigenvalue weighted by atomic mass is 10.0. The summed E-state index contributed by atoms with van der Waals surface area (Å²) in [6.45, 7) is 5.41. The molecule has 3 heterocycles. The van der Waals surface area contributed by atoms with Crippen molar-refractivity contribution >= 4 is 51.5 Å². The number of nitrogens with zero attached hydrogens (tertiary/aromatic N) is 2. The van der Waals surface area contributed by atoms with Crippen molar-refractivity contribution in [2.45, 2.75) is 26.3 Å². The number of hydrogen-bond acceptors (Lipinski definition) is 6. The molecule has 10 heteroatoms. The van der Waals surface area contributed by atoms with Crippen molar-refractivity contribution in [1.82, 2.24) is 15.3 Å². The maximum Gasteiger partial charge on any atom is 0.350 e. The van der Waals surface area contributed by atoms with Gasteiger partial charge in [0.2, 0.25) is 0 Å². The van der Waals surface area contributed by atoms with Gasteiger partial charge < -0.3 is 19.9 Å². The number of ether oxygens (including phenoxy) is 1. The fourth-order valence-electron chi connectivity index (χ4n) is 5.44. The van der Waals surface area contributed by atoms with Crippen LogP contribution in [0.4, 0.5) is 5.13 Å². The zero-order valence-corrected chi connectivity index (χ0v) is 24.4. The molecule has 6 rings (SSSR count). The van der Waals surface area contributed by atoms with Gasteiger partial charge in [-0.05, 0) is 30.5 Å². The zero-order chi connectivity index (χ0) is 28.0. The van der Waals surface area contributed by atoms with Gasteiger partial charge in [0, 0.05) is 43.1 Å².